The summed E-state index contributed by atoms with van der Waals surface area (Å²) in [5, 5.41) is 10.9. The molecule has 0 aliphatic carbocycles. The van der Waals surface area contributed by atoms with E-state index in [1.54, 1.807) is 0 Å². The molecule has 0 bridgehead atoms. The number of benzene rings is 1. The number of halogens is 3. The summed E-state index contributed by atoms with van der Waals surface area (Å²) in [4.78, 5) is 25.8. The quantitative estimate of drug-likeness (QED) is 0.466. The van der Waals surface area contributed by atoms with Gasteiger partial charge in [-0.15, -0.1) is 0 Å². The van der Waals surface area contributed by atoms with Crippen molar-refractivity contribution in [3.8, 4) is 0 Å². The maximum atomic E-state index is 11.9. The van der Waals surface area contributed by atoms with Gasteiger partial charge in [0.25, 0.3) is 11.2 Å². The molecule has 0 amide bonds. The van der Waals surface area contributed by atoms with Crippen LogP contribution in [0.3, 0.4) is 0 Å². The van der Waals surface area contributed by atoms with Gasteiger partial charge in [-0.2, -0.15) is 0 Å². The minimum absolute atomic E-state index is 0.0704. The second-order valence-electron chi connectivity index (χ2n) is 3.82. The van der Waals surface area contributed by atoms with E-state index in [0.717, 1.165) is 0 Å². The fraction of sp³-hybridized carbons (Fsp3) is 0.0909. The van der Waals surface area contributed by atoms with Crippen LogP contribution in [0.15, 0.2) is 33.8 Å². The van der Waals surface area contributed by atoms with Crippen LogP contribution in [0.4, 0.5) is 5.69 Å². The molecular weight excluding hydrogens is 373 g/mol. The minimum atomic E-state index is -0.539. The molecule has 0 atom stereocenters. The molecule has 1 aromatic heterocycles. The van der Waals surface area contributed by atoms with Crippen LogP contribution in [0, 0.1) is 10.1 Å². The lowest BCUT2D eigenvalue weighted by Gasteiger charge is -2.08. The lowest BCUT2D eigenvalue weighted by molar-refractivity contribution is -0.384. The zero-order chi connectivity index (χ0) is 14.9. The Morgan fingerprint density at radius 3 is 2.70 bits per heavy atom. The highest BCUT2D eigenvalue weighted by Crippen LogP contribution is 2.23. The van der Waals surface area contributed by atoms with E-state index >= 15 is 0 Å². The summed E-state index contributed by atoms with van der Waals surface area (Å²) in [6.07, 6.45) is 1.28. The first kappa shape index (κ1) is 15.0. The standard InChI is InChI=1S/C11H6BrCl2N3O3/c12-9-10(14)15-5-16(11(9)18)4-6-1-2-7(17(19)20)3-8(6)13/h1-3,5H,4H2. The largest absolute Gasteiger partial charge is 0.294 e. The molecule has 2 rings (SSSR count). The molecule has 20 heavy (non-hydrogen) atoms. The van der Waals surface area contributed by atoms with Gasteiger partial charge in [0.15, 0.2) is 5.15 Å². The molecule has 0 aliphatic rings. The van der Waals surface area contributed by atoms with Gasteiger partial charge in [-0.3, -0.25) is 19.5 Å². The lowest BCUT2D eigenvalue weighted by atomic mass is 10.2. The van der Waals surface area contributed by atoms with Crippen molar-refractivity contribution in [2.45, 2.75) is 6.54 Å². The monoisotopic (exact) mass is 377 g/mol. The number of nitro groups is 1. The second kappa shape index (κ2) is 5.90. The van der Waals surface area contributed by atoms with Crippen LogP contribution < -0.4 is 5.56 Å². The molecule has 1 aromatic carbocycles. The van der Waals surface area contributed by atoms with Crippen molar-refractivity contribution < 1.29 is 4.92 Å². The number of hydrogen-bond acceptors (Lipinski definition) is 4. The van der Waals surface area contributed by atoms with Crippen molar-refractivity contribution in [2.24, 2.45) is 0 Å². The van der Waals surface area contributed by atoms with Crippen LogP contribution in [0.5, 0.6) is 0 Å². The lowest BCUT2D eigenvalue weighted by Crippen LogP contribution is -2.22. The summed E-state index contributed by atoms with van der Waals surface area (Å²) in [6.45, 7) is 0.137. The van der Waals surface area contributed by atoms with E-state index in [1.165, 1.54) is 29.1 Å². The molecule has 104 valence electrons. The van der Waals surface area contributed by atoms with Gasteiger partial charge < -0.3 is 0 Å². The Hall–Kier alpha value is -1.44. The zero-order valence-electron chi connectivity index (χ0n) is 9.72. The molecule has 0 radical (unpaired) electrons. The highest BCUT2D eigenvalue weighted by Gasteiger charge is 2.12. The van der Waals surface area contributed by atoms with E-state index in [0.29, 0.717) is 5.56 Å². The van der Waals surface area contributed by atoms with Crippen LogP contribution in [-0.2, 0) is 6.54 Å². The van der Waals surface area contributed by atoms with Gasteiger partial charge in [-0.1, -0.05) is 23.2 Å². The molecule has 9 heteroatoms. The smallest absolute Gasteiger partial charge is 0.270 e. The van der Waals surface area contributed by atoms with Crippen LogP contribution in [0.1, 0.15) is 5.56 Å². The fourth-order valence-electron chi connectivity index (χ4n) is 1.52. The number of nitrogens with zero attached hydrogens (tertiary/aromatic N) is 3. The molecule has 0 aliphatic heterocycles. The molecule has 0 saturated heterocycles. The molecule has 0 N–H and O–H groups in total. The summed E-state index contributed by atoms with van der Waals surface area (Å²) >= 11 is 14.7. The third-order valence-corrected chi connectivity index (χ3v) is 4.11. The van der Waals surface area contributed by atoms with Crippen molar-refractivity contribution in [1.29, 1.82) is 0 Å². The molecule has 0 fully saturated rings. The van der Waals surface area contributed by atoms with E-state index in [9.17, 15) is 14.9 Å². The molecule has 2 aromatic rings. The molecular formula is C11H6BrCl2N3O3. The van der Waals surface area contributed by atoms with Crippen LogP contribution in [0.25, 0.3) is 0 Å². The van der Waals surface area contributed by atoms with Crippen molar-refractivity contribution in [3.63, 3.8) is 0 Å². The molecule has 0 unspecified atom stereocenters. The van der Waals surface area contributed by atoms with Crippen molar-refractivity contribution in [2.75, 3.05) is 0 Å². The Bertz CT molecular complexity index is 748. The maximum absolute atomic E-state index is 11.9. The molecule has 1 heterocycles. The van der Waals surface area contributed by atoms with Gasteiger partial charge >= 0.3 is 0 Å². The number of rotatable bonds is 3. The third kappa shape index (κ3) is 3.00. The highest BCUT2D eigenvalue weighted by atomic mass is 79.9. The first-order valence-corrected chi connectivity index (χ1v) is 6.78. The zero-order valence-corrected chi connectivity index (χ0v) is 12.8. The van der Waals surface area contributed by atoms with E-state index < -0.39 is 4.92 Å². The number of non-ortho nitro benzene ring substituents is 1. The Labute approximate surface area is 131 Å². The van der Waals surface area contributed by atoms with Gasteiger partial charge in [-0.05, 0) is 27.6 Å². The van der Waals surface area contributed by atoms with Gasteiger partial charge in [0.2, 0.25) is 0 Å². The van der Waals surface area contributed by atoms with Gasteiger partial charge in [0.1, 0.15) is 4.47 Å². The van der Waals surface area contributed by atoms with E-state index in [-0.39, 0.29) is 32.4 Å². The normalized spacial score (nSPS) is 10.6. The van der Waals surface area contributed by atoms with Crippen LogP contribution >= 0.6 is 39.1 Å². The van der Waals surface area contributed by atoms with Crippen molar-refractivity contribution in [1.82, 2.24) is 9.55 Å². The summed E-state index contributed by atoms with van der Waals surface area (Å²) in [7, 11) is 0. The number of nitro benzene ring substituents is 1. The first-order valence-electron chi connectivity index (χ1n) is 5.23. The number of aromatic nitrogens is 2. The Kier molecular flexibility index (Phi) is 4.42. The predicted molar refractivity (Wildman–Crippen MR) is 78.4 cm³/mol. The van der Waals surface area contributed by atoms with Crippen LogP contribution in [-0.4, -0.2) is 14.5 Å². The van der Waals surface area contributed by atoms with Gasteiger partial charge in [0, 0.05) is 12.1 Å². The molecule has 6 nitrogen and oxygen atoms in total. The fourth-order valence-corrected chi connectivity index (χ4v) is 2.21. The van der Waals surface area contributed by atoms with E-state index in [4.69, 9.17) is 23.2 Å². The molecule has 0 saturated carbocycles. The summed E-state index contributed by atoms with van der Waals surface area (Å²) in [6, 6.07) is 4.06. The van der Waals surface area contributed by atoms with Crippen LogP contribution in [0.2, 0.25) is 10.2 Å². The van der Waals surface area contributed by atoms with E-state index in [2.05, 4.69) is 20.9 Å². The SMILES string of the molecule is O=c1c(Br)c(Cl)ncn1Cc1ccc([N+](=O)[O-])cc1Cl. The third-order valence-electron chi connectivity index (χ3n) is 2.53. The van der Waals surface area contributed by atoms with Crippen molar-refractivity contribution >= 4 is 44.8 Å². The van der Waals surface area contributed by atoms with E-state index in [1.807, 2.05) is 0 Å². The summed E-state index contributed by atoms with van der Waals surface area (Å²) in [5.74, 6) is 0. The Morgan fingerprint density at radius 2 is 2.10 bits per heavy atom. The van der Waals surface area contributed by atoms with Gasteiger partial charge in [-0.25, -0.2) is 4.98 Å². The average Bonchev–Trinajstić information content (AvgIpc) is 2.41. The first-order chi connectivity index (χ1) is 9.40. The summed E-state index contributed by atoms with van der Waals surface area (Å²) < 4.78 is 1.45. The Morgan fingerprint density at radius 1 is 1.40 bits per heavy atom. The summed E-state index contributed by atoms with van der Waals surface area (Å²) in [5.41, 5.74) is 0.0938. The average molecular weight is 379 g/mol. The minimum Gasteiger partial charge on any atom is -0.294 e. The maximum Gasteiger partial charge on any atom is 0.270 e. The number of hydrogen-bond donors (Lipinski definition) is 0. The Balaban J connectivity index is 2.38. The van der Waals surface area contributed by atoms with Gasteiger partial charge in [0.05, 0.1) is 22.8 Å². The predicted octanol–water partition coefficient (Wildman–Crippen LogP) is 3.27. The highest BCUT2D eigenvalue weighted by molar-refractivity contribution is 9.10. The molecule has 0 spiro atoms. The second-order valence-corrected chi connectivity index (χ2v) is 5.37. The topological polar surface area (TPSA) is 78.0 Å². The van der Waals surface area contributed by atoms with Crippen molar-refractivity contribution in [3.05, 3.63) is 65.2 Å².